The molecule has 4 saturated heterocycles. The summed E-state index contributed by atoms with van der Waals surface area (Å²) in [4.78, 5) is 10.4. The van der Waals surface area contributed by atoms with Crippen molar-refractivity contribution in [2.24, 2.45) is 0 Å². The van der Waals surface area contributed by atoms with Crippen molar-refractivity contribution >= 4 is 0 Å². The Labute approximate surface area is 184 Å². The van der Waals surface area contributed by atoms with Gasteiger partial charge in [-0.15, -0.1) is 0 Å². The van der Waals surface area contributed by atoms with Gasteiger partial charge in [-0.3, -0.25) is 9.80 Å². The maximum Gasteiger partial charge on any atom is 0.106 e. The third-order valence-electron chi connectivity index (χ3n) is 8.23. The normalized spacial score (nSPS) is 40.1. The topological polar surface area (TPSA) is 31.4 Å². The molecular formula is C24H46N4O2. The molecule has 4 aliphatic rings. The minimum absolute atomic E-state index is 0.157. The summed E-state index contributed by atoms with van der Waals surface area (Å²) in [5, 5.41) is 0. The van der Waals surface area contributed by atoms with Gasteiger partial charge in [-0.1, -0.05) is 6.92 Å². The predicted molar refractivity (Wildman–Crippen MR) is 122 cm³/mol. The van der Waals surface area contributed by atoms with Crippen LogP contribution in [0.2, 0.25) is 0 Å². The molecular weight excluding hydrogens is 376 g/mol. The second-order valence-corrected chi connectivity index (χ2v) is 10.8. The fraction of sp³-hybridized carbons (Fsp3) is 1.00. The first kappa shape index (κ1) is 22.9. The molecule has 0 N–H and O–H groups in total. The molecule has 0 aromatic carbocycles. The summed E-state index contributed by atoms with van der Waals surface area (Å²) in [5.74, 6) is 0. The first-order chi connectivity index (χ1) is 14.4. The van der Waals surface area contributed by atoms with Gasteiger partial charge >= 0.3 is 0 Å². The van der Waals surface area contributed by atoms with E-state index in [-0.39, 0.29) is 17.8 Å². The number of hydrogen-bond acceptors (Lipinski definition) is 6. The van der Waals surface area contributed by atoms with E-state index in [1.165, 1.54) is 51.9 Å². The van der Waals surface area contributed by atoms with E-state index in [4.69, 9.17) is 9.47 Å². The first-order valence-corrected chi connectivity index (χ1v) is 12.5. The zero-order chi connectivity index (χ0) is 21.3. The van der Waals surface area contributed by atoms with Crippen LogP contribution in [0.5, 0.6) is 0 Å². The highest BCUT2D eigenvalue weighted by Crippen LogP contribution is 2.34. The van der Waals surface area contributed by atoms with E-state index in [0.717, 1.165) is 32.6 Å². The summed E-state index contributed by atoms with van der Waals surface area (Å²) in [6.45, 7) is 15.9. The molecule has 4 rings (SSSR count). The molecule has 1 unspecified atom stereocenters. The molecule has 0 saturated carbocycles. The van der Waals surface area contributed by atoms with Crippen LogP contribution in [0.4, 0.5) is 0 Å². The lowest BCUT2D eigenvalue weighted by Gasteiger charge is -2.54. The molecule has 174 valence electrons. The van der Waals surface area contributed by atoms with Crippen LogP contribution in [0.15, 0.2) is 0 Å². The van der Waals surface area contributed by atoms with Crippen LogP contribution in [0, 0.1) is 0 Å². The van der Waals surface area contributed by atoms with Gasteiger partial charge in [0.2, 0.25) is 0 Å². The van der Waals surface area contributed by atoms with Crippen molar-refractivity contribution in [3.63, 3.8) is 0 Å². The third kappa shape index (κ3) is 5.21. The maximum atomic E-state index is 6.79. The molecule has 6 heteroatoms. The Kier molecular flexibility index (Phi) is 7.43. The molecule has 0 aromatic heterocycles. The van der Waals surface area contributed by atoms with Gasteiger partial charge in [0.25, 0.3) is 0 Å². The number of piperidine rings is 2. The van der Waals surface area contributed by atoms with E-state index in [1.54, 1.807) is 0 Å². The molecule has 6 nitrogen and oxygen atoms in total. The Morgan fingerprint density at radius 2 is 1.40 bits per heavy atom. The molecule has 0 spiro atoms. The van der Waals surface area contributed by atoms with E-state index in [0.29, 0.717) is 18.2 Å². The van der Waals surface area contributed by atoms with Crippen molar-refractivity contribution in [3.05, 3.63) is 0 Å². The van der Waals surface area contributed by atoms with Crippen LogP contribution in [-0.2, 0) is 9.47 Å². The highest BCUT2D eigenvalue weighted by atomic mass is 16.6. The maximum absolute atomic E-state index is 6.79. The minimum Gasteiger partial charge on any atom is -0.370 e. The Hall–Kier alpha value is -0.240. The highest BCUT2D eigenvalue weighted by molar-refractivity contribution is 5.00. The van der Waals surface area contributed by atoms with Crippen LogP contribution < -0.4 is 0 Å². The van der Waals surface area contributed by atoms with E-state index in [2.05, 4.69) is 54.5 Å². The van der Waals surface area contributed by atoms with Crippen molar-refractivity contribution in [1.29, 1.82) is 0 Å². The third-order valence-corrected chi connectivity index (χ3v) is 8.23. The van der Waals surface area contributed by atoms with Crippen LogP contribution in [-0.4, -0.2) is 122 Å². The zero-order valence-corrected chi connectivity index (χ0v) is 20.2. The van der Waals surface area contributed by atoms with Crippen molar-refractivity contribution in [1.82, 2.24) is 19.6 Å². The molecule has 0 radical (unpaired) electrons. The SMILES string of the molecule is CC[C@@H]1CN(C2CCN(C)CC2)CC(C)([C@@H]2CN(C3CCN(C)CC3)C[C@H](C)O2)O1. The van der Waals surface area contributed by atoms with E-state index >= 15 is 0 Å². The van der Waals surface area contributed by atoms with Crippen LogP contribution in [0.3, 0.4) is 0 Å². The Morgan fingerprint density at radius 1 is 0.833 bits per heavy atom. The summed E-state index contributed by atoms with van der Waals surface area (Å²) in [5.41, 5.74) is -0.222. The number of nitrogens with zero attached hydrogens (tertiary/aromatic N) is 4. The van der Waals surface area contributed by atoms with Gasteiger partial charge < -0.3 is 19.3 Å². The van der Waals surface area contributed by atoms with Gasteiger partial charge in [0.1, 0.15) is 11.7 Å². The Morgan fingerprint density at radius 3 is 1.97 bits per heavy atom. The largest absolute Gasteiger partial charge is 0.370 e. The Bertz CT molecular complexity index is 547. The molecule has 4 heterocycles. The van der Waals surface area contributed by atoms with Gasteiger partial charge in [0, 0.05) is 38.3 Å². The fourth-order valence-corrected chi connectivity index (χ4v) is 6.19. The van der Waals surface area contributed by atoms with Crippen LogP contribution in [0.1, 0.15) is 52.9 Å². The van der Waals surface area contributed by atoms with E-state index in [9.17, 15) is 0 Å². The zero-order valence-electron chi connectivity index (χ0n) is 20.2. The Balaban J connectivity index is 1.45. The summed E-state index contributed by atoms with van der Waals surface area (Å²) in [7, 11) is 4.50. The summed E-state index contributed by atoms with van der Waals surface area (Å²) >= 11 is 0. The molecule has 0 bridgehead atoms. The minimum atomic E-state index is -0.222. The number of morpholine rings is 2. The van der Waals surface area contributed by atoms with Crippen LogP contribution in [0.25, 0.3) is 0 Å². The number of ether oxygens (including phenoxy) is 2. The lowest BCUT2D eigenvalue weighted by atomic mass is 9.89. The van der Waals surface area contributed by atoms with E-state index < -0.39 is 0 Å². The second-order valence-electron chi connectivity index (χ2n) is 10.8. The summed E-state index contributed by atoms with van der Waals surface area (Å²) in [6.07, 6.45) is 6.98. The molecule has 4 atom stereocenters. The monoisotopic (exact) mass is 422 g/mol. The molecule has 0 aromatic rings. The van der Waals surface area contributed by atoms with Crippen molar-refractivity contribution in [2.75, 3.05) is 66.5 Å². The molecule has 30 heavy (non-hydrogen) atoms. The molecule has 0 aliphatic carbocycles. The number of likely N-dealkylation sites (tertiary alicyclic amines) is 2. The van der Waals surface area contributed by atoms with Gasteiger partial charge in [-0.2, -0.15) is 0 Å². The van der Waals surface area contributed by atoms with Crippen LogP contribution >= 0.6 is 0 Å². The lowest BCUT2D eigenvalue weighted by molar-refractivity contribution is -0.238. The summed E-state index contributed by atoms with van der Waals surface area (Å²) < 4.78 is 13.4. The van der Waals surface area contributed by atoms with Gasteiger partial charge in [-0.25, -0.2) is 0 Å². The smallest absolute Gasteiger partial charge is 0.106 e. The lowest BCUT2D eigenvalue weighted by Crippen LogP contribution is -2.67. The van der Waals surface area contributed by atoms with Crippen molar-refractivity contribution in [2.45, 2.75) is 88.9 Å². The fourth-order valence-electron chi connectivity index (χ4n) is 6.19. The second kappa shape index (κ2) is 9.72. The summed E-state index contributed by atoms with van der Waals surface area (Å²) in [6, 6.07) is 1.40. The van der Waals surface area contributed by atoms with Crippen molar-refractivity contribution < 1.29 is 9.47 Å². The van der Waals surface area contributed by atoms with Crippen molar-refractivity contribution in [3.8, 4) is 0 Å². The van der Waals surface area contributed by atoms with E-state index in [1.807, 2.05) is 0 Å². The average molecular weight is 423 g/mol. The number of hydrogen-bond donors (Lipinski definition) is 0. The van der Waals surface area contributed by atoms with Gasteiger partial charge in [0.05, 0.1) is 12.2 Å². The van der Waals surface area contributed by atoms with Gasteiger partial charge in [0.15, 0.2) is 0 Å². The first-order valence-electron chi connectivity index (χ1n) is 12.5. The molecule has 4 fully saturated rings. The average Bonchev–Trinajstić information content (AvgIpc) is 2.74. The quantitative estimate of drug-likeness (QED) is 0.690. The molecule has 0 amide bonds. The molecule has 4 aliphatic heterocycles. The number of rotatable bonds is 4. The highest BCUT2D eigenvalue weighted by Gasteiger charge is 2.48. The standard InChI is InChI=1S/C24H46N4O2/c1-6-22-16-28(21-9-13-26(5)14-10-21)18-24(3,30-22)23-17-27(15-19(2)29-23)20-7-11-25(4)12-8-20/h19-23H,6-18H2,1-5H3/t19-,22+,23-,24?/m0/s1. The van der Waals surface area contributed by atoms with Gasteiger partial charge in [-0.05, 0) is 86.2 Å². The predicted octanol–water partition coefficient (Wildman–Crippen LogP) is 2.13.